The summed E-state index contributed by atoms with van der Waals surface area (Å²) >= 11 is 0. The van der Waals surface area contributed by atoms with Crippen molar-refractivity contribution in [1.29, 1.82) is 0 Å². The quantitative estimate of drug-likeness (QED) is 0.0168. The lowest BCUT2D eigenvalue weighted by molar-refractivity contribution is -0.132. The monoisotopic (exact) mass is 1100 g/mol. The second-order valence-corrected chi connectivity index (χ2v) is 21.8. The molecule has 0 spiro atoms. The Morgan fingerprint density at radius 3 is 1.09 bits per heavy atom. The molecule has 0 heterocycles. The highest BCUT2D eigenvalue weighted by molar-refractivity contribution is 8.77. The number of carbonyl (C=O) groups is 6. The van der Waals surface area contributed by atoms with E-state index < -0.39 is 43.6 Å². The van der Waals surface area contributed by atoms with Crippen molar-refractivity contribution in [3.05, 3.63) is 89.5 Å². The number of rotatable bonds is 29. The van der Waals surface area contributed by atoms with E-state index in [0.29, 0.717) is 23.0 Å². The van der Waals surface area contributed by atoms with E-state index in [2.05, 4.69) is 4.74 Å². The summed E-state index contributed by atoms with van der Waals surface area (Å²) in [5.41, 5.74) is 0.416. The van der Waals surface area contributed by atoms with Crippen LogP contribution in [0, 0.1) is 0 Å². The number of phosphoric acid groups is 1. The van der Waals surface area contributed by atoms with Crippen LogP contribution in [0.4, 0.5) is 0 Å². The van der Waals surface area contributed by atoms with Crippen molar-refractivity contribution in [1.82, 2.24) is 0 Å². The lowest BCUT2D eigenvalue weighted by Gasteiger charge is -2.15. The van der Waals surface area contributed by atoms with E-state index in [-0.39, 0.29) is 86.8 Å². The molecule has 3 aromatic rings. The number of aliphatic hydroxyl groups is 3. The Hall–Kier alpha value is -3.43. The molecule has 0 atom stereocenters. The van der Waals surface area contributed by atoms with Gasteiger partial charge in [0.05, 0.1) is 39.6 Å². The number of benzene rings is 3. The Bertz CT molecular complexity index is 1980. The van der Waals surface area contributed by atoms with Gasteiger partial charge in [-0.3, -0.25) is 28.0 Å². The first-order valence-electron chi connectivity index (χ1n) is 20.6. The van der Waals surface area contributed by atoms with Crippen molar-refractivity contribution >= 4 is 108 Å². The van der Waals surface area contributed by atoms with Crippen LogP contribution in [0.15, 0.2) is 72.8 Å². The van der Waals surface area contributed by atoms with Gasteiger partial charge >= 0.3 is 43.6 Å². The van der Waals surface area contributed by atoms with E-state index in [4.69, 9.17) is 52.9 Å². The summed E-state index contributed by atoms with van der Waals surface area (Å²) in [7, 11) is 5.71. The van der Waals surface area contributed by atoms with Gasteiger partial charge in [0, 0.05) is 55.3 Å². The first-order chi connectivity index (χ1) is 33.1. The van der Waals surface area contributed by atoms with E-state index in [0.717, 1.165) is 11.5 Å². The number of phosphoric ester groups is 1. The van der Waals surface area contributed by atoms with E-state index in [9.17, 15) is 33.3 Å². The number of carboxylic acids is 1. The fourth-order valence-electron chi connectivity index (χ4n) is 4.21. The first-order valence-corrected chi connectivity index (χ1v) is 29.5. The summed E-state index contributed by atoms with van der Waals surface area (Å²) in [6, 6.07) is 18.8. The maximum atomic E-state index is 12.1. The molecule has 3 aromatic carbocycles. The second-order valence-electron chi connectivity index (χ2n) is 12.1. The highest BCUT2D eigenvalue weighted by atomic mass is 33.1. The summed E-state index contributed by atoms with van der Waals surface area (Å²) < 4.78 is 52.3. The van der Waals surface area contributed by atoms with Crippen LogP contribution in [-0.4, -0.2) is 144 Å². The van der Waals surface area contributed by atoms with E-state index in [1.165, 1.54) is 88.2 Å². The van der Waals surface area contributed by atoms with Crippen molar-refractivity contribution in [2.24, 2.45) is 0 Å². The Morgan fingerprint density at radius 1 is 0.464 bits per heavy atom. The molecule has 386 valence electrons. The van der Waals surface area contributed by atoms with Gasteiger partial charge in [-0.05, 0) is 50.2 Å². The van der Waals surface area contributed by atoms with Crippen LogP contribution in [0.5, 0.6) is 17.2 Å². The summed E-state index contributed by atoms with van der Waals surface area (Å²) in [4.78, 5) is 67.2. The third-order valence-electron chi connectivity index (χ3n) is 6.66. The van der Waals surface area contributed by atoms with Crippen molar-refractivity contribution < 1.29 is 91.0 Å². The highest BCUT2D eigenvalue weighted by Crippen LogP contribution is 2.49. The van der Waals surface area contributed by atoms with Gasteiger partial charge in [-0.2, -0.15) is 0 Å². The minimum absolute atomic E-state index is 0.0160. The first kappa shape index (κ1) is 65.6. The van der Waals surface area contributed by atoms with Gasteiger partial charge in [-0.15, -0.1) is 0 Å². The highest BCUT2D eigenvalue weighted by Gasteiger charge is 2.25. The lowest BCUT2D eigenvalue weighted by Crippen LogP contribution is -2.11. The van der Waals surface area contributed by atoms with Crippen LogP contribution >= 0.6 is 72.6 Å². The molecule has 4 N–H and O–H groups in total. The third-order valence-corrected chi connectivity index (χ3v) is 15.4. The molecule has 0 amide bonds. The van der Waals surface area contributed by atoms with Crippen molar-refractivity contribution in [3.63, 3.8) is 0 Å². The van der Waals surface area contributed by atoms with Gasteiger partial charge in [-0.25, -0.2) is 18.9 Å². The van der Waals surface area contributed by atoms with E-state index >= 15 is 0 Å². The topological polar surface area (TPSA) is 274 Å². The number of hydrogen-bond acceptors (Lipinski definition) is 24. The van der Waals surface area contributed by atoms with Gasteiger partial charge < -0.3 is 44.1 Å². The molecule has 0 radical (unpaired) electrons. The van der Waals surface area contributed by atoms with Gasteiger partial charge in [0.25, 0.3) is 0 Å². The Morgan fingerprint density at radius 2 is 0.768 bits per heavy atom. The van der Waals surface area contributed by atoms with Gasteiger partial charge in [0.1, 0.15) is 47.2 Å². The minimum atomic E-state index is -3.47. The van der Waals surface area contributed by atoms with Crippen LogP contribution in [0.1, 0.15) is 65.7 Å². The molecule has 0 aliphatic carbocycles. The molecule has 0 unspecified atom stereocenters. The summed E-state index contributed by atoms with van der Waals surface area (Å²) in [5, 5.41) is 33.8. The molecule has 0 saturated heterocycles. The smallest absolute Gasteiger partial charge is 0.474 e. The fraction of sp³-hybridized carbons (Fsp3) is 0.442. The predicted molar refractivity (Wildman–Crippen MR) is 274 cm³/mol. The molecule has 3 rings (SSSR count). The normalized spacial score (nSPS) is 10.4. The summed E-state index contributed by atoms with van der Waals surface area (Å²) in [6.45, 7) is 8.92. The zero-order valence-electron chi connectivity index (χ0n) is 38.6. The van der Waals surface area contributed by atoms with Gasteiger partial charge in [0.15, 0.2) is 0 Å². The van der Waals surface area contributed by atoms with Crippen molar-refractivity contribution in [2.45, 2.75) is 34.6 Å². The van der Waals surface area contributed by atoms with Crippen LogP contribution in [0.25, 0.3) is 0 Å². The predicted octanol–water partition coefficient (Wildman–Crippen LogP) is 8.15. The number of aromatic carboxylic acids is 1. The number of esters is 5. The maximum Gasteiger partial charge on any atom is 0.474 e. The molecule has 0 bridgehead atoms. The van der Waals surface area contributed by atoms with Crippen LogP contribution in [-0.2, 0) is 42.0 Å². The van der Waals surface area contributed by atoms with Crippen LogP contribution in [0.3, 0.4) is 0 Å². The SMILES string of the molecule is CC(=O)Oc1ccccc1C(=O)O.CC(=O)Oc1ccccc1C(=O)OCCSSCCO.CCOP(=O)(OCC)OCCSSCCOC(=O)c1ccccc1OC(C)=O.OCCSSCCO. The van der Waals surface area contributed by atoms with Gasteiger partial charge in [0.2, 0.25) is 0 Å². The molecule has 26 heteroatoms. The number of carbonyl (C=O) groups excluding carboxylic acids is 5. The number of aliphatic hydroxyl groups excluding tert-OH is 3. The molecular formula is C43H59O19PS6. The Kier molecular flexibility index (Phi) is 40.2. The fourth-order valence-corrected chi connectivity index (χ4v) is 10.3. The number of hydrogen-bond donors (Lipinski definition) is 4. The average molecular weight is 1100 g/mol. The molecule has 0 aliphatic heterocycles. The van der Waals surface area contributed by atoms with Crippen LogP contribution in [0.2, 0.25) is 0 Å². The number of ether oxygens (including phenoxy) is 5. The molecule has 69 heavy (non-hydrogen) atoms. The lowest BCUT2D eigenvalue weighted by atomic mass is 10.2. The third kappa shape index (κ3) is 33.7. The minimum Gasteiger partial charge on any atom is -0.478 e. The Balaban J connectivity index is 0.000000978. The standard InChI is InChI=1S/C17H25O8PS2.C13H16O5S2.C9H8O4.C4H10O2S2/c1-4-22-26(20,23-5-2)24-11-13-28-27-12-10-21-17(19)15-8-6-7-9-16(15)25-14(3)18;1-10(15)18-12-5-3-2-4-11(12)13(16)17-7-9-20-19-8-6-14;1-6(10)13-8-5-3-2-4-7(8)9(11)12;5-1-3-7-8-4-2-6/h6-9H,4-5,10-13H2,1-3H3;2-5,14H,6-9H2,1H3;2-5H,1H3,(H,11,12);5-6H,1-4H2. The number of carboxylic acid groups (broad SMARTS) is 1. The molecule has 0 saturated carbocycles. The zero-order valence-corrected chi connectivity index (χ0v) is 44.4. The maximum absolute atomic E-state index is 12.1. The molecular weight excluding hydrogens is 1040 g/mol. The largest absolute Gasteiger partial charge is 0.478 e. The second kappa shape index (κ2) is 42.3. The van der Waals surface area contributed by atoms with Crippen molar-refractivity contribution in [2.75, 3.05) is 87.4 Å². The Labute approximate surface area is 425 Å². The van der Waals surface area contributed by atoms with Crippen LogP contribution < -0.4 is 14.2 Å². The zero-order chi connectivity index (χ0) is 51.7. The molecule has 19 nitrogen and oxygen atoms in total. The molecule has 0 aliphatic rings. The van der Waals surface area contributed by atoms with E-state index in [1.54, 1.807) is 84.0 Å². The summed E-state index contributed by atoms with van der Waals surface area (Å²) in [6.07, 6.45) is 0. The molecule has 0 aromatic heterocycles. The van der Waals surface area contributed by atoms with E-state index in [1.807, 2.05) is 0 Å². The average Bonchev–Trinajstić information content (AvgIpc) is 3.30. The van der Waals surface area contributed by atoms with Crippen molar-refractivity contribution in [3.8, 4) is 17.2 Å². The summed E-state index contributed by atoms with van der Waals surface area (Å²) in [5.74, 6) is 0.643. The number of para-hydroxylation sites is 3. The molecule has 0 fully saturated rings. The van der Waals surface area contributed by atoms with Gasteiger partial charge in [-0.1, -0.05) is 101 Å².